The first-order valence-corrected chi connectivity index (χ1v) is 7.45. The molecule has 1 unspecified atom stereocenters. The van der Waals surface area contributed by atoms with Crippen molar-refractivity contribution >= 4 is 32.9 Å². The highest BCUT2D eigenvalue weighted by Crippen LogP contribution is 2.32. The van der Waals surface area contributed by atoms with Crippen LogP contribution in [-0.2, 0) is 4.74 Å². The topological polar surface area (TPSA) is 88.1 Å². The number of nitrogens with zero attached hydrogens (tertiary/aromatic N) is 4. The minimum Gasteiger partial charge on any atom is -0.464 e. The van der Waals surface area contributed by atoms with Crippen LogP contribution in [0, 0.1) is 0 Å². The van der Waals surface area contributed by atoms with Gasteiger partial charge in [-0.05, 0) is 42.1 Å². The van der Waals surface area contributed by atoms with E-state index in [2.05, 4.69) is 30.9 Å². The summed E-state index contributed by atoms with van der Waals surface area (Å²) in [6.45, 7) is 3.11. The largest absolute Gasteiger partial charge is 0.464 e. The van der Waals surface area contributed by atoms with Crippen molar-refractivity contribution in [2.45, 2.75) is 32.4 Å². The summed E-state index contributed by atoms with van der Waals surface area (Å²) in [5.74, 6) is 0.314. The van der Waals surface area contributed by atoms with Gasteiger partial charge in [-0.3, -0.25) is 4.57 Å². The van der Waals surface area contributed by atoms with E-state index in [1.807, 2.05) is 11.5 Å². The number of imidazole rings is 1. The number of hydrogen-bond donors (Lipinski definition) is 1. The first-order valence-electron chi connectivity index (χ1n) is 6.66. The lowest BCUT2D eigenvalue weighted by molar-refractivity contribution is -0.0311. The Morgan fingerprint density at radius 1 is 1.40 bits per heavy atom. The molecule has 1 aliphatic heterocycles. The maximum atomic E-state index is 5.93. The van der Waals surface area contributed by atoms with Crippen molar-refractivity contribution in [3.63, 3.8) is 0 Å². The van der Waals surface area contributed by atoms with Crippen LogP contribution in [0.1, 0.15) is 32.4 Å². The quantitative estimate of drug-likeness (QED) is 0.861. The van der Waals surface area contributed by atoms with E-state index in [1.54, 1.807) is 0 Å². The molecule has 2 aromatic rings. The molecule has 1 atom stereocenters. The highest BCUT2D eigenvalue weighted by molar-refractivity contribution is 9.10. The Morgan fingerprint density at radius 2 is 2.25 bits per heavy atom. The van der Waals surface area contributed by atoms with Gasteiger partial charge < -0.3 is 15.2 Å². The average molecular weight is 342 g/mol. The van der Waals surface area contributed by atoms with Crippen molar-refractivity contribution in [1.29, 1.82) is 0 Å². The van der Waals surface area contributed by atoms with E-state index < -0.39 is 0 Å². The molecule has 3 heterocycles. The number of fused-ring (bicyclic) bond motifs is 1. The highest BCUT2D eigenvalue weighted by Gasteiger charge is 2.24. The van der Waals surface area contributed by atoms with Gasteiger partial charge in [0.2, 0.25) is 0 Å². The van der Waals surface area contributed by atoms with E-state index in [0.717, 1.165) is 25.9 Å². The van der Waals surface area contributed by atoms with Gasteiger partial charge in [-0.2, -0.15) is 9.97 Å². The van der Waals surface area contributed by atoms with E-state index in [9.17, 15) is 0 Å². The fourth-order valence-corrected chi connectivity index (χ4v) is 2.90. The maximum Gasteiger partial charge on any atom is 0.320 e. The first kappa shape index (κ1) is 13.6. The normalized spacial score (nSPS) is 19.4. The predicted molar refractivity (Wildman–Crippen MR) is 77.4 cm³/mol. The second kappa shape index (κ2) is 5.53. The van der Waals surface area contributed by atoms with Crippen molar-refractivity contribution in [1.82, 2.24) is 19.5 Å². The fraction of sp³-hybridized carbons (Fsp3) is 0.583. The molecule has 2 N–H and O–H groups in total. The van der Waals surface area contributed by atoms with E-state index >= 15 is 0 Å². The Morgan fingerprint density at radius 3 is 2.95 bits per heavy atom. The minimum absolute atomic E-state index is 0.0769. The number of aromatic nitrogens is 4. The molecule has 0 aliphatic carbocycles. The zero-order valence-corrected chi connectivity index (χ0v) is 12.8. The lowest BCUT2D eigenvalue weighted by Crippen LogP contribution is -2.18. The molecule has 0 amide bonds. The van der Waals surface area contributed by atoms with Crippen molar-refractivity contribution in [3.05, 3.63) is 4.73 Å². The molecule has 8 heteroatoms. The van der Waals surface area contributed by atoms with Crippen molar-refractivity contribution in [3.8, 4) is 6.01 Å². The number of nitrogen functional groups attached to an aromatic ring is 1. The number of nitrogens with two attached hydrogens (primary N) is 1. The van der Waals surface area contributed by atoms with E-state index in [1.165, 1.54) is 0 Å². The van der Waals surface area contributed by atoms with Gasteiger partial charge in [-0.25, -0.2) is 4.98 Å². The van der Waals surface area contributed by atoms with E-state index in [0.29, 0.717) is 28.3 Å². The number of halogens is 1. The Bertz CT molecular complexity index is 624. The van der Waals surface area contributed by atoms with Gasteiger partial charge >= 0.3 is 6.01 Å². The molecular formula is C12H16BrN5O2. The van der Waals surface area contributed by atoms with Gasteiger partial charge in [0.05, 0.1) is 6.61 Å². The van der Waals surface area contributed by atoms with E-state index in [-0.39, 0.29) is 12.2 Å². The summed E-state index contributed by atoms with van der Waals surface area (Å²) in [6, 6.07) is 0.266. The van der Waals surface area contributed by atoms with Crippen LogP contribution in [0.2, 0.25) is 0 Å². The fourth-order valence-electron chi connectivity index (χ4n) is 2.32. The molecule has 1 aliphatic rings. The van der Waals surface area contributed by atoms with Gasteiger partial charge in [-0.15, -0.1) is 0 Å². The van der Waals surface area contributed by atoms with Crippen LogP contribution >= 0.6 is 15.9 Å². The van der Waals surface area contributed by atoms with Crippen LogP contribution in [0.4, 0.5) is 5.82 Å². The summed E-state index contributed by atoms with van der Waals surface area (Å²) in [7, 11) is 0. The van der Waals surface area contributed by atoms with Gasteiger partial charge in [0.1, 0.15) is 6.23 Å². The molecular weight excluding hydrogens is 326 g/mol. The van der Waals surface area contributed by atoms with Crippen LogP contribution in [0.3, 0.4) is 0 Å². The summed E-state index contributed by atoms with van der Waals surface area (Å²) >= 11 is 3.45. The lowest BCUT2D eigenvalue weighted by atomic mass is 10.2. The number of rotatable bonds is 3. The average Bonchev–Trinajstić information content (AvgIpc) is 2.77. The Balaban J connectivity index is 2.12. The summed E-state index contributed by atoms with van der Waals surface area (Å²) in [5.41, 5.74) is 7.13. The van der Waals surface area contributed by atoms with Crippen LogP contribution in [0.15, 0.2) is 4.73 Å². The van der Waals surface area contributed by atoms with Crippen LogP contribution < -0.4 is 10.5 Å². The summed E-state index contributed by atoms with van der Waals surface area (Å²) in [6.07, 6.45) is 3.06. The first-order chi connectivity index (χ1) is 9.70. The number of anilines is 1. The van der Waals surface area contributed by atoms with Crippen LogP contribution in [0.25, 0.3) is 11.2 Å². The molecule has 2 aromatic heterocycles. The smallest absolute Gasteiger partial charge is 0.320 e. The van der Waals surface area contributed by atoms with Crippen molar-refractivity contribution in [2.75, 3.05) is 18.9 Å². The molecule has 7 nitrogen and oxygen atoms in total. The highest BCUT2D eigenvalue weighted by atomic mass is 79.9. The Kier molecular flexibility index (Phi) is 3.75. The van der Waals surface area contributed by atoms with Crippen LogP contribution in [0.5, 0.6) is 6.01 Å². The van der Waals surface area contributed by atoms with Crippen LogP contribution in [-0.4, -0.2) is 32.7 Å². The zero-order valence-electron chi connectivity index (χ0n) is 11.2. The lowest BCUT2D eigenvalue weighted by Gasteiger charge is -2.24. The van der Waals surface area contributed by atoms with Gasteiger partial charge in [0.25, 0.3) is 0 Å². The SMILES string of the molecule is CCOc1nc(N)c2nc(Br)n(C3CCCCO3)c2n1. The molecule has 1 fully saturated rings. The van der Waals surface area contributed by atoms with Crippen molar-refractivity contribution < 1.29 is 9.47 Å². The second-order valence-corrected chi connectivity index (χ2v) is 5.28. The zero-order chi connectivity index (χ0) is 14.1. The molecule has 0 saturated carbocycles. The van der Waals surface area contributed by atoms with Gasteiger partial charge in [0.15, 0.2) is 21.7 Å². The third-order valence-corrected chi connectivity index (χ3v) is 3.78. The van der Waals surface area contributed by atoms with Gasteiger partial charge in [0, 0.05) is 6.61 Å². The molecule has 0 spiro atoms. The summed E-state index contributed by atoms with van der Waals surface area (Å²) in [5, 5.41) is 0. The number of hydrogen-bond acceptors (Lipinski definition) is 6. The Labute approximate surface area is 124 Å². The standard InChI is InChI=1S/C12H16BrN5O2/c1-2-19-12-16-9(14)8-10(17-12)18(11(13)15-8)7-5-3-4-6-20-7/h7H,2-6H2,1H3,(H2,14,16,17). The molecule has 3 rings (SSSR count). The third-order valence-electron chi connectivity index (χ3n) is 3.22. The molecule has 0 radical (unpaired) electrons. The van der Waals surface area contributed by atoms with Crippen molar-refractivity contribution in [2.24, 2.45) is 0 Å². The minimum atomic E-state index is -0.0769. The third kappa shape index (κ3) is 2.33. The van der Waals surface area contributed by atoms with E-state index in [4.69, 9.17) is 15.2 Å². The summed E-state index contributed by atoms with van der Waals surface area (Å²) < 4.78 is 13.7. The molecule has 20 heavy (non-hydrogen) atoms. The molecule has 1 saturated heterocycles. The molecule has 108 valence electrons. The van der Waals surface area contributed by atoms with Gasteiger partial charge in [-0.1, -0.05) is 0 Å². The number of ether oxygens (including phenoxy) is 2. The summed E-state index contributed by atoms with van der Waals surface area (Å²) in [4.78, 5) is 12.9. The molecule has 0 aromatic carbocycles. The molecule has 0 bridgehead atoms. The monoisotopic (exact) mass is 341 g/mol. The Hall–Kier alpha value is -1.41. The maximum absolute atomic E-state index is 5.93. The second-order valence-electron chi connectivity index (χ2n) is 4.57. The predicted octanol–water partition coefficient (Wildman–Crippen LogP) is 2.27.